The zero-order valence-corrected chi connectivity index (χ0v) is 10.2. The van der Waals surface area contributed by atoms with E-state index in [0.29, 0.717) is 0 Å². The van der Waals surface area contributed by atoms with Crippen molar-refractivity contribution in [3.05, 3.63) is 24.3 Å². The summed E-state index contributed by atoms with van der Waals surface area (Å²) >= 11 is 0. The maximum absolute atomic E-state index is 11.4. The zero-order chi connectivity index (χ0) is 13.5. The van der Waals surface area contributed by atoms with Crippen molar-refractivity contribution < 1.29 is 24.2 Å². The Balaban J connectivity index is 2.43. The van der Waals surface area contributed by atoms with Crippen molar-refractivity contribution in [2.75, 3.05) is 13.7 Å². The summed E-state index contributed by atoms with van der Waals surface area (Å²) in [5.41, 5.74) is 0. The second-order valence-electron chi connectivity index (χ2n) is 3.57. The van der Waals surface area contributed by atoms with Gasteiger partial charge in [-0.25, -0.2) is 4.79 Å². The molecule has 18 heavy (non-hydrogen) atoms. The van der Waals surface area contributed by atoms with Crippen LogP contribution in [0.15, 0.2) is 24.3 Å². The standard InChI is InChI=1S/C12H15NO5/c1-8(12(16)17-2)13-11(15)7-18-10-6-4-3-5-9(10)14/h3-6,8,14H,7H2,1-2H3,(H,13,15). The van der Waals surface area contributed by atoms with E-state index in [9.17, 15) is 14.7 Å². The van der Waals surface area contributed by atoms with E-state index < -0.39 is 17.9 Å². The quantitative estimate of drug-likeness (QED) is 0.744. The molecule has 0 aliphatic carbocycles. The van der Waals surface area contributed by atoms with Gasteiger partial charge in [0.05, 0.1) is 7.11 Å². The number of phenolic OH excluding ortho intramolecular Hbond substituents is 1. The third kappa shape index (κ3) is 3.97. The molecule has 1 amide bonds. The molecule has 1 atom stereocenters. The SMILES string of the molecule is COC(=O)C(C)NC(=O)COc1ccccc1O. The molecule has 6 nitrogen and oxygen atoms in total. The Morgan fingerprint density at radius 3 is 2.67 bits per heavy atom. The van der Waals surface area contributed by atoms with Crippen molar-refractivity contribution in [2.24, 2.45) is 0 Å². The molecule has 98 valence electrons. The number of ether oxygens (including phenoxy) is 2. The highest BCUT2D eigenvalue weighted by Gasteiger charge is 2.16. The second-order valence-corrected chi connectivity index (χ2v) is 3.57. The topological polar surface area (TPSA) is 84.9 Å². The van der Waals surface area contributed by atoms with Crippen molar-refractivity contribution in [3.8, 4) is 11.5 Å². The summed E-state index contributed by atoms with van der Waals surface area (Å²) in [5.74, 6) is -0.855. The normalized spacial score (nSPS) is 11.4. The summed E-state index contributed by atoms with van der Waals surface area (Å²) in [7, 11) is 1.24. The molecule has 0 spiro atoms. The Hall–Kier alpha value is -2.24. The fourth-order valence-electron chi connectivity index (χ4n) is 1.24. The summed E-state index contributed by atoms with van der Waals surface area (Å²) < 4.78 is 9.56. The molecule has 1 rings (SSSR count). The molecule has 1 unspecified atom stereocenters. The van der Waals surface area contributed by atoms with Gasteiger partial charge in [-0.2, -0.15) is 0 Å². The maximum Gasteiger partial charge on any atom is 0.328 e. The first-order valence-electron chi connectivity index (χ1n) is 5.32. The number of benzene rings is 1. The molecule has 0 aliphatic rings. The van der Waals surface area contributed by atoms with Gasteiger partial charge in [-0.1, -0.05) is 12.1 Å². The van der Waals surface area contributed by atoms with Crippen LogP contribution < -0.4 is 10.1 Å². The van der Waals surface area contributed by atoms with Crippen LogP contribution in [-0.4, -0.2) is 36.7 Å². The number of hydrogen-bond acceptors (Lipinski definition) is 5. The van der Waals surface area contributed by atoms with Crippen molar-refractivity contribution in [2.45, 2.75) is 13.0 Å². The van der Waals surface area contributed by atoms with E-state index in [1.54, 1.807) is 12.1 Å². The van der Waals surface area contributed by atoms with Gasteiger partial charge < -0.3 is 19.9 Å². The van der Waals surface area contributed by atoms with Crippen LogP contribution in [0.1, 0.15) is 6.92 Å². The number of esters is 1. The van der Waals surface area contributed by atoms with Crippen LogP contribution in [0.4, 0.5) is 0 Å². The van der Waals surface area contributed by atoms with E-state index in [4.69, 9.17) is 4.74 Å². The number of hydrogen-bond donors (Lipinski definition) is 2. The predicted octanol–water partition coefficient (Wildman–Crippen LogP) is 0.449. The Morgan fingerprint density at radius 2 is 2.06 bits per heavy atom. The van der Waals surface area contributed by atoms with Gasteiger partial charge in [-0.15, -0.1) is 0 Å². The lowest BCUT2D eigenvalue weighted by atomic mass is 10.3. The number of aromatic hydroxyl groups is 1. The van der Waals surface area contributed by atoms with Crippen LogP contribution in [0.2, 0.25) is 0 Å². The lowest BCUT2D eigenvalue weighted by Gasteiger charge is -2.12. The fourth-order valence-corrected chi connectivity index (χ4v) is 1.24. The van der Waals surface area contributed by atoms with Crippen LogP contribution >= 0.6 is 0 Å². The number of rotatable bonds is 5. The van der Waals surface area contributed by atoms with Gasteiger partial charge in [-0.3, -0.25) is 4.79 Å². The van der Waals surface area contributed by atoms with Gasteiger partial charge in [-0.05, 0) is 19.1 Å². The summed E-state index contributed by atoms with van der Waals surface area (Å²) in [6.07, 6.45) is 0. The molecule has 0 radical (unpaired) electrons. The minimum atomic E-state index is -0.740. The van der Waals surface area contributed by atoms with Crippen LogP contribution in [0.5, 0.6) is 11.5 Å². The average Bonchev–Trinajstić information content (AvgIpc) is 2.36. The van der Waals surface area contributed by atoms with Gasteiger partial charge in [0.15, 0.2) is 18.1 Å². The average molecular weight is 253 g/mol. The molecule has 0 saturated heterocycles. The van der Waals surface area contributed by atoms with E-state index in [2.05, 4.69) is 10.1 Å². The van der Waals surface area contributed by atoms with Crippen LogP contribution in [0.25, 0.3) is 0 Å². The Labute approximate surface area is 105 Å². The third-order valence-electron chi connectivity index (χ3n) is 2.16. The molecular formula is C12H15NO5. The van der Waals surface area contributed by atoms with Gasteiger partial charge >= 0.3 is 5.97 Å². The minimum absolute atomic E-state index is 0.0497. The largest absolute Gasteiger partial charge is 0.504 e. The highest BCUT2D eigenvalue weighted by Crippen LogP contribution is 2.23. The van der Waals surface area contributed by atoms with Crippen molar-refractivity contribution in [1.82, 2.24) is 5.32 Å². The minimum Gasteiger partial charge on any atom is -0.504 e. The Morgan fingerprint density at radius 1 is 1.39 bits per heavy atom. The molecule has 1 aromatic carbocycles. The first kappa shape index (κ1) is 13.8. The number of methoxy groups -OCH3 is 1. The van der Waals surface area contributed by atoms with Crippen molar-refractivity contribution >= 4 is 11.9 Å². The summed E-state index contributed by atoms with van der Waals surface area (Å²) in [5, 5.41) is 11.8. The van der Waals surface area contributed by atoms with E-state index >= 15 is 0 Å². The van der Waals surface area contributed by atoms with E-state index in [1.807, 2.05) is 0 Å². The molecule has 1 aromatic rings. The maximum atomic E-state index is 11.4. The zero-order valence-electron chi connectivity index (χ0n) is 10.2. The van der Waals surface area contributed by atoms with Gasteiger partial charge in [0, 0.05) is 0 Å². The second kappa shape index (κ2) is 6.48. The Kier molecular flexibility index (Phi) is 4.98. The van der Waals surface area contributed by atoms with Crippen LogP contribution in [0, 0.1) is 0 Å². The third-order valence-corrected chi connectivity index (χ3v) is 2.16. The van der Waals surface area contributed by atoms with E-state index in [0.717, 1.165) is 0 Å². The summed E-state index contributed by atoms with van der Waals surface area (Å²) in [6.45, 7) is 1.21. The highest BCUT2D eigenvalue weighted by molar-refractivity contribution is 5.84. The molecule has 0 heterocycles. The molecule has 0 fully saturated rings. The molecule has 0 bridgehead atoms. The molecular weight excluding hydrogens is 238 g/mol. The molecule has 0 aromatic heterocycles. The highest BCUT2D eigenvalue weighted by atomic mass is 16.5. The number of para-hydroxylation sites is 2. The summed E-state index contributed by atoms with van der Waals surface area (Å²) in [4.78, 5) is 22.5. The van der Waals surface area contributed by atoms with Gasteiger partial charge in [0.25, 0.3) is 5.91 Å². The molecule has 0 aliphatic heterocycles. The van der Waals surface area contributed by atoms with Crippen LogP contribution in [-0.2, 0) is 14.3 Å². The van der Waals surface area contributed by atoms with E-state index in [1.165, 1.54) is 26.2 Å². The molecule has 0 saturated carbocycles. The Bertz CT molecular complexity index is 432. The number of phenols is 1. The first-order valence-corrected chi connectivity index (χ1v) is 5.32. The molecule has 6 heteroatoms. The smallest absolute Gasteiger partial charge is 0.328 e. The van der Waals surface area contributed by atoms with Gasteiger partial charge in [0.1, 0.15) is 6.04 Å². The van der Waals surface area contributed by atoms with Crippen molar-refractivity contribution in [3.63, 3.8) is 0 Å². The van der Waals surface area contributed by atoms with Crippen LogP contribution in [0.3, 0.4) is 0 Å². The van der Waals surface area contributed by atoms with Gasteiger partial charge in [0.2, 0.25) is 0 Å². The lowest BCUT2D eigenvalue weighted by molar-refractivity contribution is -0.144. The predicted molar refractivity (Wildman–Crippen MR) is 63.2 cm³/mol. The first-order chi connectivity index (χ1) is 8.54. The number of carbonyl (C=O) groups is 2. The number of carbonyl (C=O) groups excluding carboxylic acids is 2. The van der Waals surface area contributed by atoms with Crippen molar-refractivity contribution in [1.29, 1.82) is 0 Å². The fraction of sp³-hybridized carbons (Fsp3) is 0.333. The molecule has 2 N–H and O–H groups in total. The lowest BCUT2D eigenvalue weighted by Crippen LogP contribution is -2.41. The number of nitrogens with one attached hydrogen (secondary N) is 1. The summed E-state index contributed by atoms with van der Waals surface area (Å²) in [6, 6.07) is 5.55. The number of amides is 1. The van der Waals surface area contributed by atoms with E-state index in [-0.39, 0.29) is 18.1 Å². The monoisotopic (exact) mass is 253 g/mol.